The first kappa shape index (κ1) is 23.7. The molecule has 0 aliphatic rings. The smallest absolute Gasteiger partial charge is 0.266 e. The van der Waals surface area contributed by atoms with Crippen molar-refractivity contribution in [3.63, 3.8) is 0 Å². The summed E-state index contributed by atoms with van der Waals surface area (Å²) in [5.41, 5.74) is 3.53. The predicted molar refractivity (Wildman–Crippen MR) is 135 cm³/mol. The van der Waals surface area contributed by atoms with Crippen molar-refractivity contribution in [2.45, 2.75) is 31.7 Å². The first-order valence-corrected chi connectivity index (χ1v) is 12.2. The van der Waals surface area contributed by atoms with Gasteiger partial charge in [0.15, 0.2) is 5.16 Å². The van der Waals surface area contributed by atoms with E-state index in [1.807, 2.05) is 45.0 Å². The molecule has 0 saturated heterocycles. The molecule has 0 saturated carbocycles. The molecule has 4 aromatic rings. The van der Waals surface area contributed by atoms with Crippen molar-refractivity contribution in [1.29, 1.82) is 0 Å². The normalized spacial score (nSPS) is 11.1. The number of aryl methyl sites for hydroxylation is 1. The monoisotopic (exact) mass is 475 g/mol. The summed E-state index contributed by atoms with van der Waals surface area (Å²) in [6.07, 6.45) is 0. The van der Waals surface area contributed by atoms with Gasteiger partial charge in [0.05, 0.1) is 16.6 Å². The maximum absolute atomic E-state index is 13.6. The summed E-state index contributed by atoms with van der Waals surface area (Å²) in [7, 11) is 0. The SMILES string of the molecule is CCN(CC)C(=O)c1ccc2c(=O)n(-c3ccc(F)cc3)c(SCc3ccccc3C)nc2c1. The molecule has 0 fully saturated rings. The van der Waals surface area contributed by atoms with Crippen LogP contribution in [0.3, 0.4) is 0 Å². The minimum Gasteiger partial charge on any atom is -0.339 e. The van der Waals surface area contributed by atoms with Gasteiger partial charge >= 0.3 is 0 Å². The molecule has 7 heteroatoms. The lowest BCUT2D eigenvalue weighted by molar-refractivity contribution is 0.0773. The summed E-state index contributed by atoms with van der Waals surface area (Å²) in [6, 6.07) is 18.9. The number of carbonyl (C=O) groups is 1. The molecule has 4 rings (SSSR count). The average molecular weight is 476 g/mol. The fourth-order valence-electron chi connectivity index (χ4n) is 3.82. The topological polar surface area (TPSA) is 55.2 Å². The van der Waals surface area contributed by atoms with Gasteiger partial charge in [0.2, 0.25) is 0 Å². The molecule has 0 unspecified atom stereocenters. The zero-order valence-electron chi connectivity index (χ0n) is 19.4. The van der Waals surface area contributed by atoms with Gasteiger partial charge in [-0.25, -0.2) is 9.37 Å². The van der Waals surface area contributed by atoms with Crippen LogP contribution in [-0.4, -0.2) is 33.4 Å². The highest BCUT2D eigenvalue weighted by atomic mass is 32.2. The van der Waals surface area contributed by atoms with E-state index in [2.05, 4.69) is 0 Å². The van der Waals surface area contributed by atoms with Gasteiger partial charge in [0, 0.05) is 24.4 Å². The lowest BCUT2D eigenvalue weighted by atomic mass is 10.1. The van der Waals surface area contributed by atoms with Gasteiger partial charge in [-0.3, -0.25) is 14.2 Å². The van der Waals surface area contributed by atoms with Crippen molar-refractivity contribution < 1.29 is 9.18 Å². The van der Waals surface area contributed by atoms with Crippen LogP contribution in [0.25, 0.3) is 16.6 Å². The number of hydrogen-bond acceptors (Lipinski definition) is 4. The molecule has 0 aliphatic heterocycles. The van der Waals surface area contributed by atoms with Gasteiger partial charge in [0.25, 0.3) is 11.5 Å². The van der Waals surface area contributed by atoms with Crippen molar-refractivity contribution in [3.8, 4) is 5.69 Å². The van der Waals surface area contributed by atoms with E-state index < -0.39 is 0 Å². The fraction of sp³-hybridized carbons (Fsp3) is 0.222. The molecule has 1 aromatic heterocycles. The number of thioether (sulfide) groups is 1. The van der Waals surface area contributed by atoms with Crippen LogP contribution in [0, 0.1) is 12.7 Å². The summed E-state index contributed by atoms with van der Waals surface area (Å²) in [5.74, 6) is 0.147. The standard InChI is InChI=1S/C27H26FN3O2S/c1-4-30(5-2)25(32)19-10-15-23-24(16-19)29-27(34-17-20-9-7-6-8-18(20)3)31(26(23)33)22-13-11-21(28)12-14-22/h6-16H,4-5,17H2,1-3H3. The predicted octanol–water partition coefficient (Wildman–Crippen LogP) is 5.61. The maximum atomic E-state index is 13.6. The number of fused-ring (bicyclic) bond motifs is 1. The van der Waals surface area contributed by atoms with Crippen LogP contribution in [0.5, 0.6) is 0 Å². The number of rotatable bonds is 7. The Hall–Kier alpha value is -3.45. The molecule has 1 heterocycles. The van der Waals surface area contributed by atoms with E-state index in [4.69, 9.17) is 4.98 Å². The number of aromatic nitrogens is 2. The van der Waals surface area contributed by atoms with Crippen molar-refractivity contribution in [2.75, 3.05) is 13.1 Å². The quantitative estimate of drug-likeness (QED) is 0.258. The minimum absolute atomic E-state index is 0.0921. The van der Waals surface area contributed by atoms with Crippen LogP contribution in [0.15, 0.2) is 76.7 Å². The zero-order valence-corrected chi connectivity index (χ0v) is 20.2. The van der Waals surface area contributed by atoms with Crippen molar-refractivity contribution in [2.24, 2.45) is 0 Å². The van der Waals surface area contributed by atoms with Crippen LogP contribution < -0.4 is 5.56 Å². The highest BCUT2D eigenvalue weighted by Gasteiger charge is 2.18. The molecule has 0 bridgehead atoms. The summed E-state index contributed by atoms with van der Waals surface area (Å²) < 4.78 is 15.1. The fourth-order valence-corrected chi connectivity index (χ4v) is 4.91. The number of nitrogens with zero attached hydrogens (tertiary/aromatic N) is 3. The molecule has 3 aromatic carbocycles. The third kappa shape index (κ3) is 4.75. The van der Waals surface area contributed by atoms with E-state index in [0.29, 0.717) is 46.2 Å². The first-order valence-electron chi connectivity index (χ1n) is 11.2. The molecule has 174 valence electrons. The minimum atomic E-state index is -0.376. The summed E-state index contributed by atoms with van der Waals surface area (Å²) in [6.45, 7) is 7.11. The molecule has 1 amide bonds. The molecule has 5 nitrogen and oxygen atoms in total. The zero-order chi connectivity index (χ0) is 24.2. The Bertz CT molecular complexity index is 1400. The van der Waals surface area contributed by atoms with Crippen LogP contribution in [0.2, 0.25) is 0 Å². The third-order valence-corrected chi connectivity index (χ3v) is 6.83. The Kier molecular flexibility index (Phi) is 7.12. The van der Waals surface area contributed by atoms with Crippen molar-refractivity contribution in [3.05, 3.63) is 99.6 Å². The summed E-state index contributed by atoms with van der Waals surface area (Å²) in [4.78, 5) is 32.9. The van der Waals surface area contributed by atoms with Crippen LogP contribution in [-0.2, 0) is 5.75 Å². The molecule has 0 atom stereocenters. The average Bonchev–Trinajstić information content (AvgIpc) is 2.85. The van der Waals surface area contributed by atoms with Gasteiger partial charge < -0.3 is 4.90 Å². The number of hydrogen-bond donors (Lipinski definition) is 0. The second-order valence-electron chi connectivity index (χ2n) is 7.94. The van der Waals surface area contributed by atoms with E-state index in [1.165, 1.54) is 28.5 Å². The van der Waals surface area contributed by atoms with Gasteiger partial charge in [-0.05, 0) is 74.4 Å². The van der Waals surface area contributed by atoms with E-state index >= 15 is 0 Å². The Morgan fingerprint density at radius 1 is 1.03 bits per heavy atom. The van der Waals surface area contributed by atoms with Gasteiger partial charge in [-0.1, -0.05) is 36.0 Å². The lowest BCUT2D eigenvalue weighted by Crippen LogP contribution is -2.30. The Morgan fingerprint density at radius 2 is 1.74 bits per heavy atom. The Morgan fingerprint density at radius 3 is 2.41 bits per heavy atom. The highest BCUT2D eigenvalue weighted by molar-refractivity contribution is 7.98. The number of amides is 1. The van der Waals surface area contributed by atoms with Crippen molar-refractivity contribution in [1.82, 2.24) is 14.5 Å². The highest BCUT2D eigenvalue weighted by Crippen LogP contribution is 2.26. The van der Waals surface area contributed by atoms with E-state index in [0.717, 1.165) is 11.1 Å². The molecular weight excluding hydrogens is 449 g/mol. The van der Waals surface area contributed by atoms with Gasteiger partial charge in [0.1, 0.15) is 5.82 Å². The molecule has 0 N–H and O–H groups in total. The molecular formula is C27H26FN3O2S. The van der Waals surface area contributed by atoms with E-state index in [9.17, 15) is 14.0 Å². The summed E-state index contributed by atoms with van der Waals surface area (Å²) in [5, 5.41) is 0.889. The van der Waals surface area contributed by atoms with Crippen molar-refractivity contribution >= 4 is 28.6 Å². The number of halogens is 1. The van der Waals surface area contributed by atoms with E-state index in [-0.39, 0.29) is 17.3 Å². The number of benzene rings is 3. The van der Waals surface area contributed by atoms with Crippen LogP contribution >= 0.6 is 11.8 Å². The van der Waals surface area contributed by atoms with E-state index in [1.54, 1.807) is 35.2 Å². The molecule has 0 aliphatic carbocycles. The molecule has 34 heavy (non-hydrogen) atoms. The molecule has 0 spiro atoms. The largest absolute Gasteiger partial charge is 0.339 e. The lowest BCUT2D eigenvalue weighted by Gasteiger charge is -2.19. The Labute approximate surface area is 202 Å². The maximum Gasteiger partial charge on any atom is 0.266 e. The van der Waals surface area contributed by atoms with Gasteiger partial charge in [-0.15, -0.1) is 0 Å². The summed E-state index contributed by atoms with van der Waals surface area (Å²) >= 11 is 1.43. The second-order valence-corrected chi connectivity index (χ2v) is 8.88. The second kappa shape index (κ2) is 10.2. The van der Waals surface area contributed by atoms with Crippen LogP contribution in [0.4, 0.5) is 4.39 Å². The Balaban J connectivity index is 1.85. The molecule has 0 radical (unpaired) electrons. The van der Waals surface area contributed by atoms with Gasteiger partial charge in [-0.2, -0.15) is 0 Å². The first-order chi connectivity index (χ1) is 16.4. The van der Waals surface area contributed by atoms with Crippen LogP contribution in [0.1, 0.15) is 35.3 Å². The third-order valence-electron chi connectivity index (χ3n) is 5.84. The number of carbonyl (C=O) groups excluding carboxylic acids is 1.